The number of nitrogens with zero attached hydrogens (tertiary/aromatic N) is 3. The van der Waals surface area contributed by atoms with E-state index in [-0.39, 0.29) is 17.0 Å². The zero-order valence-electron chi connectivity index (χ0n) is 16.9. The third-order valence-corrected chi connectivity index (χ3v) is 6.96. The first kappa shape index (κ1) is 21.0. The van der Waals surface area contributed by atoms with E-state index in [1.807, 2.05) is 25.1 Å². The summed E-state index contributed by atoms with van der Waals surface area (Å²) >= 11 is 5.24. The van der Waals surface area contributed by atoms with Crippen molar-refractivity contribution in [3.63, 3.8) is 0 Å². The molecule has 0 aliphatic carbocycles. The summed E-state index contributed by atoms with van der Waals surface area (Å²) in [4.78, 5) is 31.4. The Bertz CT molecular complexity index is 1100. The molecule has 0 saturated carbocycles. The van der Waals surface area contributed by atoms with Crippen LogP contribution in [0.2, 0.25) is 0 Å². The lowest BCUT2D eigenvalue weighted by atomic mass is 10.1. The largest absolute Gasteiger partial charge is 0.336 e. The molecular formula is C23H24BrN3O2S. The Balaban J connectivity index is 1.42. The number of hydrogen-bond acceptors (Lipinski definition) is 4. The molecule has 1 fully saturated rings. The van der Waals surface area contributed by atoms with Crippen LogP contribution in [0.1, 0.15) is 26.4 Å². The monoisotopic (exact) mass is 485 g/mol. The number of carbonyl (C=O) groups excluding carboxylic acids is 1. The van der Waals surface area contributed by atoms with E-state index in [1.165, 1.54) is 4.88 Å². The lowest BCUT2D eigenvalue weighted by Gasteiger charge is -2.34. The molecule has 7 heteroatoms. The van der Waals surface area contributed by atoms with Gasteiger partial charge in [-0.1, -0.05) is 29.8 Å². The number of aromatic nitrogens is 1. The Hall–Kier alpha value is -2.22. The molecule has 5 nitrogen and oxygen atoms in total. The predicted molar refractivity (Wildman–Crippen MR) is 124 cm³/mol. The number of benzene rings is 1. The van der Waals surface area contributed by atoms with Crippen LogP contribution in [0.3, 0.4) is 0 Å². The summed E-state index contributed by atoms with van der Waals surface area (Å²) in [6, 6.07) is 15.7. The lowest BCUT2D eigenvalue weighted by Crippen LogP contribution is -2.49. The molecule has 1 aliphatic heterocycles. The van der Waals surface area contributed by atoms with Crippen LogP contribution >= 0.6 is 27.3 Å². The van der Waals surface area contributed by atoms with Crippen LogP contribution in [0.15, 0.2) is 63.3 Å². The Labute approximate surface area is 188 Å². The summed E-state index contributed by atoms with van der Waals surface area (Å²) in [6.07, 6.45) is 1.75. The van der Waals surface area contributed by atoms with Gasteiger partial charge in [0, 0.05) is 43.8 Å². The maximum absolute atomic E-state index is 13.0. The molecule has 0 spiro atoms. The van der Waals surface area contributed by atoms with Gasteiger partial charge < -0.3 is 9.47 Å². The molecule has 3 heterocycles. The van der Waals surface area contributed by atoms with Gasteiger partial charge in [-0.2, -0.15) is 0 Å². The van der Waals surface area contributed by atoms with E-state index in [0.717, 1.165) is 34.5 Å². The van der Waals surface area contributed by atoms with Gasteiger partial charge in [0.05, 0.1) is 10.3 Å². The van der Waals surface area contributed by atoms with Gasteiger partial charge in [-0.15, -0.1) is 11.3 Å². The number of halogens is 1. The molecule has 1 saturated heterocycles. The Morgan fingerprint density at radius 2 is 1.83 bits per heavy atom. The smallest absolute Gasteiger partial charge is 0.263 e. The van der Waals surface area contributed by atoms with Crippen LogP contribution < -0.4 is 5.56 Å². The maximum atomic E-state index is 13.0. The van der Waals surface area contributed by atoms with E-state index < -0.39 is 0 Å². The minimum absolute atomic E-state index is 0.169. The van der Waals surface area contributed by atoms with E-state index in [4.69, 9.17) is 0 Å². The molecule has 0 radical (unpaired) electrons. The average Bonchev–Trinajstić information content (AvgIpc) is 3.14. The molecule has 4 rings (SSSR count). The quantitative estimate of drug-likeness (QED) is 0.548. The van der Waals surface area contributed by atoms with Crippen LogP contribution in [0, 0.1) is 6.92 Å². The van der Waals surface area contributed by atoms with Gasteiger partial charge in [0.1, 0.15) is 5.56 Å². The van der Waals surface area contributed by atoms with E-state index in [0.29, 0.717) is 19.6 Å². The van der Waals surface area contributed by atoms with Gasteiger partial charge in [-0.25, -0.2) is 0 Å². The molecule has 0 N–H and O–H groups in total. The fraction of sp³-hybridized carbons (Fsp3) is 0.304. The van der Waals surface area contributed by atoms with E-state index in [9.17, 15) is 9.59 Å². The molecule has 3 aromatic rings. The van der Waals surface area contributed by atoms with Crippen molar-refractivity contribution in [1.82, 2.24) is 14.4 Å². The normalized spacial score (nSPS) is 14.8. The first-order valence-corrected chi connectivity index (χ1v) is 11.6. The van der Waals surface area contributed by atoms with Crippen molar-refractivity contribution in [3.05, 3.63) is 90.4 Å². The fourth-order valence-electron chi connectivity index (χ4n) is 3.77. The topological polar surface area (TPSA) is 45.6 Å². The third-order valence-electron chi connectivity index (χ3n) is 5.35. The number of carbonyl (C=O) groups is 1. The number of rotatable bonds is 5. The van der Waals surface area contributed by atoms with Gasteiger partial charge in [0.25, 0.3) is 11.5 Å². The van der Waals surface area contributed by atoms with Gasteiger partial charge in [-0.3, -0.25) is 14.5 Å². The van der Waals surface area contributed by atoms with E-state index in [1.54, 1.807) is 39.1 Å². The number of hydrogen-bond donors (Lipinski definition) is 0. The van der Waals surface area contributed by atoms with Crippen LogP contribution in [0.25, 0.3) is 0 Å². The van der Waals surface area contributed by atoms with Crippen molar-refractivity contribution in [1.29, 1.82) is 0 Å². The number of amides is 1. The molecule has 1 aromatic carbocycles. The molecule has 0 unspecified atom stereocenters. The molecule has 1 amide bonds. The van der Waals surface area contributed by atoms with Gasteiger partial charge in [0.2, 0.25) is 0 Å². The second-order valence-corrected chi connectivity index (χ2v) is 10.2. The molecule has 0 atom stereocenters. The summed E-state index contributed by atoms with van der Waals surface area (Å²) in [6.45, 7) is 6.29. The minimum atomic E-state index is -0.227. The van der Waals surface area contributed by atoms with Gasteiger partial charge in [-0.05, 0) is 52.7 Å². The van der Waals surface area contributed by atoms with E-state index in [2.05, 4.69) is 39.0 Å². The SMILES string of the molecule is Cc1cccc(Cn2cccc(C(=O)N3CCN(Cc4ccc(Br)s4)CC3)c2=O)c1. The lowest BCUT2D eigenvalue weighted by molar-refractivity contribution is 0.0627. The average molecular weight is 486 g/mol. The van der Waals surface area contributed by atoms with Crippen LogP contribution in [-0.2, 0) is 13.1 Å². The summed E-state index contributed by atoms with van der Waals surface area (Å²) in [5, 5.41) is 0. The number of pyridine rings is 1. The molecule has 30 heavy (non-hydrogen) atoms. The fourth-order valence-corrected chi connectivity index (χ4v) is 5.29. The number of aryl methyl sites for hydroxylation is 1. The second kappa shape index (κ2) is 9.29. The highest BCUT2D eigenvalue weighted by Crippen LogP contribution is 2.23. The number of thiophene rings is 1. The summed E-state index contributed by atoms with van der Waals surface area (Å²) in [5.41, 5.74) is 2.23. The molecule has 156 valence electrons. The summed E-state index contributed by atoms with van der Waals surface area (Å²) < 4.78 is 2.75. The molecular weight excluding hydrogens is 462 g/mol. The minimum Gasteiger partial charge on any atom is -0.336 e. The first-order valence-electron chi connectivity index (χ1n) is 10.0. The highest BCUT2D eigenvalue weighted by atomic mass is 79.9. The van der Waals surface area contributed by atoms with Gasteiger partial charge >= 0.3 is 0 Å². The second-order valence-electron chi connectivity index (χ2n) is 7.62. The van der Waals surface area contributed by atoms with E-state index >= 15 is 0 Å². The predicted octanol–water partition coefficient (Wildman–Crippen LogP) is 3.99. The van der Waals surface area contributed by atoms with Crippen molar-refractivity contribution < 1.29 is 4.79 Å². The van der Waals surface area contributed by atoms with Crippen molar-refractivity contribution in [2.45, 2.75) is 20.0 Å². The Kier molecular flexibility index (Phi) is 6.51. The zero-order chi connectivity index (χ0) is 21.1. The Morgan fingerprint density at radius 3 is 2.53 bits per heavy atom. The zero-order valence-corrected chi connectivity index (χ0v) is 19.3. The third kappa shape index (κ3) is 4.91. The number of piperazine rings is 1. The van der Waals surface area contributed by atoms with Crippen molar-refractivity contribution in [2.24, 2.45) is 0 Å². The molecule has 2 aromatic heterocycles. The van der Waals surface area contributed by atoms with Crippen LogP contribution in [0.5, 0.6) is 0 Å². The molecule has 0 bridgehead atoms. The van der Waals surface area contributed by atoms with Crippen molar-refractivity contribution >= 4 is 33.2 Å². The van der Waals surface area contributed by atoms with Crippen LogP contribution in [0.4, 0.5) is 0 Å². The maximum Gasteiger partial charge on any atom is 0.263 e. The van der Waals surface area contributed by atoms with Crippen LogP contribution in [-0.4, -0.2) is 46.5 Å². The Morgan fingerprint density at radius 1 is 1.03 bits per heavy atom. The first-order chi connectivity index (χ1) is 14.5. The molecule has 1 aliphatic rings. The highest BCUT2D eigenvalue weighted by molar-refractivity contribution is 9.11. The van der Waals surface area contributed by atoms with Crippen molar-refractivity contribution in [3.8, 4) is 0 Å². The highest BCUT2D eigenvalue weighted by Gasteiger charge is 2.24. The van der Waals surface area contributed by atoms with Crippen molar-refractivity contribution in [2.75, 3.05) is 26.2 Å². The summed E-state index contributed by atoms with van der Waals surface area (Å²) in [7, 11) is 0. The standard InChI is InChI=1S/C23H24BrN3O2S/c1-17-4-2-5-18(14-17)15-27-9-3-6-20(23(27)29)22(28)26-12-10-25(11-13-26)16-19-7-8-21(24)30-19/h2-9,14H,10-13,15-16H2,1H3. The van der Waals surface area contributed by atoms with Gasteiger partial charge in [0.15, 0.2) is 0 Å². The summed E-state index contributed by atoms with van der Waals surface area (Å²) in [5.74, 6) is -0.169.